The van der Waals surface area contributed by atoms with E-state index in [2.05, 4.69) is 14.5 Å². The molecule has 0 fully saturated rings. The first kappa shape index (κ1) is 17.6. The molecule has 1 heterocycles. The van der Waals surface area contributed by atoms with Crippen molar-refractivity contribution < 1.29 is 33.7 Å². The highest BCUT2D eigenvalue weighted by Crippen LogP contribution is 2.23. The van der Waals surface area contributed by atoms with Crippen molar-refractivity contribution >= 4 is 18.1 Å². The molecule has 120 valence electrons. The Morgan fingerprint density at radius 1 is 1.32 bits per heavy atom. The quantitative estimate of drug-likeness (QED) is 0.654. The highest BCUT2D eigenvalue weighted by Gasteiger charge is 2.24. The average molecular weight is 311 g/mol. The molecule has 0 aliphatic rings. The van der Waals surface area contributed by atoms with Crippen molar-refractivity contribution in [1.82, 2.24) is 4.98 Å². The Hall–Kier alpha value is -2.48. The molecule has 8 heteroatoms. The van der Waals surface area contributed by atoms with Crippen molar-refractivity contribution in [3.63, 3.8) is 0 Å². The monoisotopic (exact) mass is 311 g/mol. The van der Waals surface area contributed by atoms with Crippen LogP contribution in [0.15, 0.2) is 12.3 Å². The fraction of sp³-hybridized carbons (Fsp3) is 0.429. The van der Waals surface area contributed by atoms with Gasteiger partial charge < -0.3 is 19.3 Å². The van der Waals surface area contributed by atoms with Gasteiger partial charge in [0.2, 0.25) is 0 Å². The molecule has 0 saturated heterocycles. The summed E-state index contributed by atoms with van der Waals surface area (Å²) >= 11 is 0. The number of rotatable bonds is 4. The van der Waals surface area contributed by atoms with Crippen LogP contribution in [0.25, 0.3) is 0 Å². The van der Waals surface area contributed by atoms with Gasteiger partial charge in [0.25, 0.3) is 0 Å². The van der Waals surface area contributed by atoms with Crippen LogP contribution < -0.4 is 0 Å². The van der Waals surface area contributed by atoms with E-state index in [1.807, 2.05) is 0 Å². The van der Waals surface area contributed by atoms with Gasteiger partial charge in [0.1, 0.15) is 0 Å². The molecule has 1 N–H and O–H groups in total. The lowest BCUT2D eigenvalue weighted by Gasteiger charge is -2.20. The summed E-state index contributed by atoms with van der Waals surface area (Å²) in [4.78, 5) is 37.6. The lowest BCUT2D eigenvalue weighted by Crippen LogP contribution is -2.21. The maximum absolute atomic E-state index is 11.7. The van der Waals surface area contributed by atoms with Crippen LogP contribution in [0.5, 0.6) is 0 Å². The molecule has 0 amide bonds. The molecule has 0 saturated carbocycles. The SMILES string of the molecule is COC(=O)OC(=O)c1ncc(C(OC(C)=O)C(C)O)cc1C. The number of aromatic nitrogens is 1. The van der Waals surface area contributed by atoms with Gasteiger partial charge in [0.05, 0.1) is 13.2 Å². The molecule has 2 unspecified atom stereocenters. The predicted octanol–water partition coefficient (Wildman–Crippen LogP) is 1.30. The van der Waals surface area contributed by atoms with Crippen molar-refractivity contribution in [2.45, 2.75) is 33.0 Å². The maximum Gasteiger partial charge on any atom is 0.516 e. The second-order valence-corrected chi connectivity index (χ2v) is 4.55. The van der Waals surface area contributed by atoms with Gasteiger partial charge in [-0.2, -0.15) is 0 Å². The van der Waals surface area contributed by atoms with Gasteiger partial charge in [-0.1, -0.05) is 0 Å². The summed E-state index contributed by atoms with van der Waals surface area (Å²) in [6, 6.07) is 1.52. The number of aryl methyl sites for hydroxylation is 1. The summed E-state index contributed by atoms with van der Waals surface area (Å²) in [5, 5.41) is 9.68. The third-order valence-electron chi connectivity index (χ3n) is 2.70. The molecule has 0 radical (unpaired) electrons. The number of hydrogen-bond acceptors (Lipinski definition) is 8. The molecule has 1 rings (SSSR count). The molecule has 0 aliphatic carbocycles. The molecule has 1 aromatic rings. The van der Waals surface area contributed by atoms with E-state index in [9.17, 15) is 19.5 Å². The molecule has 8 nitrogen and oxygen atoms in total. The van der Waals surface area contributed by atoms with E-state index in [0.717, 1.165) is 7.11 Å². The molecule has 0 spiro atoms. The van der Waals surface area contributed by atoms with Gasteiger partial charge in [0, 0.05) is 18.7 Å². The predicted molar refractivity (Wildman–Crippen MR) is 73.0 cm³/mol. The fourth-order valence-electron chi connectivity index (χ4n) is 1.76. The molecular weight excluding hydrogens is 294 g/mol. The Bertz CT molecular complexity index is 583. The number of carbonyl (C=O) groups excluding carboxylic acids is 3. The molecule has 0 aromatic carbocycles. The van der Waals surface area contributed by atoms with Crippen molar-refractivity contribution in [3.8, 4) is 0 Å². The van der Waals surface area contributed by atoms with Gasteiger partial charge in [-0.15, -0.1) is 0 Å². The van der Waals surface area contributed by atoms with Crippen molar-refractivity contribution in [2.24, 2.45) is 0 Å². The zero-order valence-corrected chi connectivity index (χ0v) is 12.7. The van der Waals surface area contributed by atoms with Crippen LogP contribution >= 0.6 is 0 Å². The van der Waals surface area contributed by atoms with E-state index >= 15 is 0 Å². The Morgan fingerprint density at radius 3 is 2.41 bits per heavy atom. The minimum atomic E-state index is -1.14. The van der Waals surface area contributed by atoms with Crippen LogP contribution in [0.1, 0.15) is 41.6 Å². The summed E-state index contributed by atoms with van der Waals surface area (Å²) in [6.45, 7) is 4.25. The molecule has 22 heavy (non-hydrogen) atoms. The van der Waals surface area contributed by atoms with Gasteiger partial charge >= 0.3 is 18.1 Å². The van der Waals surface area contributed by atoms with E-state index in [0.29, 0.717) is 11.1 Å². The Labute approximate surface area is 127 Å². The third-order valence-corrected chi connectivity index (χ3v) is 2.70. The molecular formula is C14H17NO7. The highest BCUT2D eigenvalue weighted by atomic mass is 16.7. The van der Waals surface area contributed by atoms with E-state index in [1.54, 1.807) is 6.92 Å². The van der Waals surface area contributed by atoms with Crippen LogP contribution in [0, 0.1) is 6.92 Å². The van der Waals surface area contributed by atoms with Crippen molar-refractivity contribution in [2.75, 3.05) is 7.11 Å². The minimum Gasteiger partial charge on any atom is -0.455 e. The first-order chi connectivity index (χ1) is 10.3. The summed E-state index contributed by atoms with van der Waals surface area (Å²) in [6.07, 6.45) is -1.74. The first-order valence-corrected chi connectivity index (χ1v) is 6.38. The van der Waals surface area contributed by atoms with Crippen molar-refractivity contribution in [3.05, 3.63) is 29.1 Å². The lowest BCUT2D eigenvalue weighted by molar-refractivity contribution is -0.152. The van der Waals surface area contributed by atoms with Crippen LogP contribution in [0.3, 0.4) is 0 Å². The molecule has 0 bridgehead atoms. The average Bonchev–Trinajstić information content (AvgIpc) is 2.43. The third kappa shape index (κ3) is 4.52. The molecule has 1 aromatic heterocycles. The Balaban J connectivity index is 3.03. The van der Waals surface area contributed by atoms with Gasteiger partial charge in [-0.25, -0.2) is 14.6 Å². The second-order valence-electron chi connectivity index (χ2n) is 4.55. The largest absolute Gasteiger partial charge is 0.516 e. The number of aliphatic hydroxyl groups excluding tert-OH is 1. The van der Waals surface area contributed by atoms with E-state index in [-0.39, 0.29) is 5.69 Å². The fourth-order valence-corrected chi connectivity index (χ4v) is 1.76. The standard InChI is InChI=1S/C14H17NO7/c1-7-5-10(12(8(2)16)21-9(3)17)6-15-11(7)13(18)22-14(19)20-4/h5-6,8,12,16H,1-4H3. The van der Waals surface area contributed by atoms with E-state index in [1.165, 1.54) is 26.1 Å². The number of hydrogen-bond donors (Lipinski definition) is 1. The first-order valence-electron chi connectivity index (χ1n) is 6.38. The number of nitrogens with zero attached hydrogens (tertiary/aromatic N) is 1. The maximum atomic E-state index is 11.7. The van der Waals surface area contributed by atoms with E-state index in [4.69, 9.17) is 4.74 Å². The number of ether oxygens (including phenoxy) is 3. The Kier molecular flexibility index (Phi) is 6.00. The highest BCUT2D eigenvalue weighted by molar-refractivity contribution is 5.94. The smallest absolute Gasteiger partial charge is 0.455 e. The number of aliphatic hydroxyl groups is 1. The summed E-state index contributed by atoms with van der Waals surface area (Å²) in [5.74, 6) is -1.52. The zero-order chi connectivity index (χ0) is 16.9. The molecule has 0 aliphatic heterocycles. The van der Waals surface area contributed by atoms with Crippen LogP contribution in [-0.4, -0.2) is 41.4 Å². The van der Waals surface area contributed by atoms with Crippen LogP contribution in [0.2, 0.25) is 0 Å². The molecule has 2 atom stereocenters. The zero-order valence-electron chi connectivity index (χ0n) is 12.7. The topological polar surface area (TPSA) is 112 Å². The second kappa shape index (κ2) is 7.51. The summed E-state index contributed by atoms with van der Waals surface area (Å²) in [5.41, 5.74) is 0.725. The van der Waals surface area contributed by atoms with E-state index < -0.39 is 30.3 Å². The van der Waals surface area contributed by atoms with Gasteiger partial charge in [0.15, 0.2) is 11.8 Å². The summed E-state index contributed by atoms with van der Waals surface area (Å²) < 4.78 is 13.6. The number of esters is 2. The van der Waals surface area contributed by atoms with Crippen molar-refractivity contribution in [1.29, 1.82) is 0 Å². The lowest BCUT2D eigenvalue weighted by atomic mass is 10.0. The number of methoxy groups -OCH3 is 1. The van der Waals surface area contributed by atoms with Crippen LogP contribution in [0.4, 0.5) is 4.79 Å². The van der Waals surface area contributed by atoms with Crippen LogP contribution in [-0.2, 0) is 19.0 Å². The van der Waals surface area contributed by atoms with Gasteiger partial charge in [-0.05, 0) is 25.5 Å². The van der Waals surface area contributed by atoms with Gasteiger partial charge in [-0.3, -0.25) is 4.79 Å². The summed E-state index contributed by atoms with van der Waals surface area (Å²) in [7, 11) is 1.07. The minimum absolute atomic E-state index is 0.0821. The Morgan fingerprint density at radius 2 is 1.95 bits per heavy atom. The number of carbonyl (C=O) groups is 3. The number of pyridine rings is 1. The normalized spacial score (nSPS) is 13.0.